The minimum absolute atomic E-state index is 0.0793. The Morgan fingerprint density at radius 1 is 1.04 bits per heavy atom. The molecule has 0 spiro atoms. The van der Waals surface area contributed by atoms with Crippen LogP contribution in [0, 0.1) is 5.92 Å². The molecule has 1 aliphatic rings. The Kier molecular flexibility index (Phi) is 9.91. The lowest BCUT2D eigenvalue weighted by atomic mass is 9.83. The zero-order valence-electron chi connectivity index (χ0n) is 26.9. The van der Waals surface area contributed by atoms with Crippen molar-refractivity contribution in [3.8, 4) is 0 Å². The number of rotatable bonds is 12. The van der Waals surface area contributed by atoms with Gasteiger partial charge < -0.3 is 26.2 Å². The van der Waals surface area contributed by atoms with Gasteiger partial charge in [-0.05, 0) is 72.1 Å². The smallest absolute Gasteiger partial charge is 0.264 e. The minimum atomic E-state index is -1.83. The Bertz CT molecular complexity index is 1960. The van der Waals surface area contributed by atoms with E-state index in [1.807, 2.05) is 60.8 Å². The fourth-order valence-electron chi connectivity index (χ4n) is 6.07. The molecule has 11 heteroatoms. The SMILES string of the molecule is C[C@@H](/C=C/CCn1cc(C(CO)c2ccccc2)nn1)[C@]1(O)C(=O)N(Cc2ccc(NC(=O)c3ccc(N)cc3)cc2)c2ccc(Cl)cc21. The number of aliphatic hydroxyl groups is 2. The highest BCUT2D eigenvalue weighted by Gasteiger charge is 2.52. The standard InChI is InChI=1S/C38H37ClN6O4/c1-25(7-5-6-20-44-23-34(42-43-44)32(24-46)27-8-3-2-4-9-27)38(49)33-21-29(39)14-19-35(33)45(37(38)48)22-26-10-17-31(18-11-26)41-36(47)28-12-15-30(40)16-13-28/h2-5,7-19,21,23,25,32,46,49H,6,20,22,24,40H2,1H3,(H,41,47)/b7-5+/t25-,32?,38+/m0/s1. The van der Waals surface area contributed by atoms with Gasteiger partial charge in [0.15, 0.2) is 5.60 Å². The molecule has 0 aliphatic carbocycles. The molecule has 5 N–H and O–H groups in total. The van der Waals surface area contributed by atoms with E-state index in [4.69, 9.17) is 17.3 Å². The number of anilines is 3. The highest BCUT2D eigenvalue weighted by Crippen LogP contribution is 2.46. The van der Waals surface area contributed by atoms with E-state index >= 15 is 0 Å². The van der Waals surface area contributed by atoms with E-state index in [9.17, 15) is 19.8 Å². The molecule has 4 aromatic carbocycles. The van der Waals surface area contributed by atoms with Crippen molar-refractivity contribution < 1.29 is 19.8 Å². The number of allylic oxidation sites excluding steroid dienone is 1. The summed E-state index contributed by atoms with van der Waals surface area (Å²) < 4.78 is 1.72. The van der Waals surface area contributed by atoms with Crippen LogP contribution in [0.1, 0.15) is 52.0 Å². The summed E-state index contributed by atoms with van der Waals surface area (Å²) in [6, 6.07) is 28.7. The van der Waals surface area contributed by atoms with Gasteiger partial charge in [0.05, 0.1) is 30.5 Å². The molecule has 1 unspecified atom stereocenters. The molecule has 10 nitrogen and oxygen atoms in total. The number of nitrogen functional groups attached to an aromatic ring is 1. The Hall–Kier alpha value is -5.29. The number of benzene rings is 4. The van der Waals surface area contributed by atoms with Crippen LogP contribution in [0.3, 0.4) is 0 Å². The van der Waals surface area contributed by atoms with Crippen molar-refractivity contribution in [2.45, 2.75) is 38.0 Å². The molecule has 3 atom stereocenters. The van der Waals surface area contributed by atoms with Gasteiger partial charge in [-0.3, -0.25) is 14.3 Å². The van der Waals surface area contributed by atoms with Crippen molar-refractivity contribution in [1.82, 2.24) is 15.0 Å². The van der Waals surface area contributed by atoms with Crippen molar-refractivity contribution in [3.63, 3.8) is 0 Å². The fourth-order valence-corrected chi connectivity index (χ4v) is 6.25. The second kappa shape index (κ2) is 14.4. The first-order valence-electron chi connectivity index (χ1n) is 16.0. The van der Waals surface area contributed by atoms with Crippen LogP contribution >= 0.6 is 11.6 Å². The number of carbonyl (C=O) groups excluding carboxylic acids is 2. The summed E-state index contributed by atoms with van der Waals surface area (Å²) >= 11 is 6.36. The van der Waals surface area contributed by atoms with Gasteiger partial charge in [0, 0.05) is 46.2 Å². The topological polar surface area (TPSA) is 147 Å². The molecule has 1 aliphatic heterocycles. The third kappa shape index (κ3) is 7.12. The number of fused-ring (bicyclic) bond motifs is 1. The zero-order chi connectivity index (χ0) is 34.5. The maximum Gasteiger partial charge on any atom is 0.264 e. The third-order valence-corrected chi connectivity index (χ3v) is 9.10. The summed E-state index contributed by atoms with van der Waals surface area (Å²) in [5, 5.41) is 33.8. The zero-order valence-corrected chi connectivity index (χ0v) is 27.7. The summed E-state index contributed by atoms with van der Waals surface area (Å²) in [5.74, 6) is -1.54. The summed E-state index contributed by atoms with van der Waals surface area (Å²) in [7, 11) is 0. The number of aromatic nitrogens is 3. The molecule has 0 fully saturated rings. The molecular formula is C38H37ClN6O4. The van der Waals surface area contributed by atoms with E-state index in [1.165, 1.54) is 0 Å². The van der Waals surface area contributed by atoms with Gasteiger partial charge in [0.2, 0.25) is 0 Å². The van der Waals surface area contributed by atoms with Crippen molar-refractivity contribution in [3.05, 3.63) is 148 Å². The highest BCUT2D eigenvalue weighted by molar-refractivity contribution is 6.31. The van der Waals surface area contributed by atoms with Gasteiger partial charge in [0.1, 0.15) is 0 Å². The van der Waals surface area contributed by atoms with Gasteiger partial charge in [-0.2, -0.15) is 0 Å². The van der Waals surface area contributed by atoms with Gasteiger partial charge >= 0.3 is 0 Å². The number of amides is 2. The first-order chi connectivity index (χ1) is 23.7. The normalized spacial score (nSPS) is 16.9. The Labute approximate surface area is 289 Å². The van der Waals surface area contributed by atoms with Crippen LogP contribution in [0.5, 0.6) is 0 Å². The van der Waals surface area contributed by atoms with Crippen LogP contribution in [0.25, 0.3) is 0 Å². The Morgan fingerprint density at radius 3 is 2.49 bits per heavy atom. The molecule has 1 aromatic heterocycles. The number of carbonyl (C=O) groups is 2. The van der Waals surface area contributed by atoms with Gasteiger partial charge in [-0.1, -0.05) is 78.4 Å². The lowest BCUT2D eigenvalue weighted by Crippen LogP contribution is -2.44. The predicted molar refractivity (Wildman–Crippen MR) is 190 cm³/mol. The summed E-state index contributed by atoms with van der Waals surface area (Å²) in [6.45, 7) is 2.47. The minimum Gasteiger partial charge on any atom is -0.399 e. The van der Waals surface area contributed by atoms with E-state index in [2.05, 4.69) is 15.6 Å². The van der Waals surface area contributed by atoms with Crippen molar-refractivity contribution >= 4 is 40.5 Å². The summed E-state index contributed by atoms with van der Waals surface area (Å²) in [6.07, 6.45) is 6.17. The molecule has 0 saturated carbocycles. The second-order valence-electron chi connectivity index (χ2n) is 12.2. The quantitative estimate of drug-likeness (QED) is 0.0950. The number of halogens is 1. The van der Waals surface area contributed by atoms with Gasteiger partial charge in [-0.15, -0.1) is 5.10 Å². The number of nitrogens with two attached hydrogens (primary N) is 1. The molecule has 250 valence electrons. The van der Waals surface area contributed by atoms with E-state index in [0.717, 1.165) is 11.1 Å². The average molecular weight is 677 g/mol. The maximum atomic E-state index is 14.0. The monoisotopic (exact) mass is 676 g/mol. The number of aliphatic hydroxyl groups excluding tert-OH is 1. The molecule has 49 heavy (non-hydrogen) atoms. The van der Waals surface area contributed by atoms with Gasteiger partial charge in [0.25, 0.3) is 11.8 Å². The first-order valence-corrected chi connectivity index (χ1v) is 16.4. The van der Waals surface area contributed by atoms with Crippen LogP contribution in [-0.4, -0.2) is 43.6 Å². The maximum absolute atomic E-state index is 14.0. The van der Waals surface area contributed by atoms with Crippen LogP contribution in [0.4, 0.5) is 17.1 Å². The number of nitrogens with one attached hydrogen (secondary N) is 1. The fraction of sp³-hybridized carbons (Fsp3) is 0.211. The lowest BCUT2D eigenvalue weighted by molar-refractivity contribution is -0.139. The van der Waals surface area contributed by atoms with Crippen molar-refractivity contribution in [2.75, 3.05) is 22.6 Å². The molecule has 0 bridgehead atoms. The molecule has 2 heterocycles. The molecule has 5 aromatic rings. The Balaban J connectivity index is 1.11. The number of nitrogens with zero attached hydrogens (tertiary/aromatic N) is 4. The molecule has 0 radical (unpaired) electrons. The molecular weight excluding hydrogens is 640 g/mol. The van der Waals surface area contributed by atoms with Crippen LogP contribution in [0.2, 0.25) is 5.02 Å². The molecule has 2 amide bonds. The van der Waals surface area contributed by atoms with E-state index in [0.29, 0.717) is 51.9 Å². The van der Waals surface area contributed by atoms with Crippen LogP contribution < -0.4 is 16.0 Å². The predicted octanol–water partition coefficient (Wildman–Crippen LogP) is 5.91. The van der Waals surface area contributed by atoms with E-state index in [1.54, 1.807) is 71.1 Å². The highest BCUT2D eigenvalue weighted by atomic mass is 35.5. The van der Waals surface area contributed by atoms with Crippen LogP contribution in [0.15, 0.2) is 115 Å². The van der Waals surface area contributed by atoms with E-state index < -0.39 is 17.4 Å². The van der Waals surface area contributed by atoms with Crippen LogP contribution in [-0.2, 0) is 23.5 Å². The number of hydrogen-bond acceptors (Lipinski definition) is 7. The van der Waals surface area contributed by atoms with Gasteiger partial charge in [-0.25, -0.2) is 0 Å². The molecule has 6 rings (SSSR count). The number of aryl methyl sites for hydroxylation is 1. The average Bonchev–Trinajstić information content (AvgIpc) is 3.66. The van der Waals surface area contributed by atoms with Crippen molar-refractivity contribution in [1.29, 1.82) is 0 Å². The summed E-state index contributed by atoms with van der Waals surface area (Å²) in [5.41, 5.74) is 9.06. The number of hydrogen-bond donors (Lipinski definition) is 4. The summed E-state index contributed by atoms with van der Waals surface area (Å²) in [4.78, 5) is 28.2. The first kappa shape index (κ1) is 33.6. The second-order valence-corrected chi connectivity index (χ2v) is 12.6. The lowest BCUT2D eigenvalue weighted by Gasteiger charge is -2.27. The Morgan fingerprint density at radius 2 is 1.78 bits per heavy atom. The largest absolute Gasteiger partial charge is 0.399 e. The van der Waals surface area contributed by atoms with E-state index in [-0.39, 0.29) is 25.0 Å². The molecule has 0 saturated heterocycles. The third-order valence-electron chi connectivity index (χ3n) is 8.86. The van der Waals surface area contributed by atoms with Crippen molar-refractivity contribution in [2.24, 2.45) is 5.92 Å².